The van der Waals surface area contributed by atoms with Crippen molar-refractivity contribution in [2.24, 2.45) is 0 Å². The third kappa shape index (κ3) is 6.64. The second kappa shape index (κ2) is 12.6. The maximum atomic E-state index is 13.2. The van der Waals surface area contributed by atoms with Crippen LogP contribution in [-0.2, 0) is 30.7 Å². The largest absolute Gasteiger partial charge is 0.573 e. The van der Waals surface area contributed by atoms with Crippen LogP contribution in [0.2, 0.25) is 0 Å². The molecule has 2 aromatic carbocycles. The molecule has 2 bridgehead atoms. The molecule has 4 aromatic rings. The molecule has 15 heteroatoms. The molecule has 48 heavy (non-hydrogen) atoms. The Morgan fingerprint density at radius 1 is 1.10 bits per heavy atom. The summed E-state index contributed by atoms with van der Waals surface area (Å²) in [5, 5.41) is 5.03. The van der Waals surface area contributed by atoms with Gasteiger partial charge in [-0.05, 0) is 75.3 Å². The van der Waals surface area contributed by atoms with Gasteiger partial charge in [0.2, 0.25) is 0 Å². The molecule has 7 rings (SSSR count). The van der Waals surface area contributed by atoms with E-state index < -0.39 is 22.2 Å². The zero-order valence-corrected chi connectivity index (χ0v) is 27.9. The third-order valence-corrected chi connectivity index (χ3v) is 12.0. The highest BCUT2D eigenvalue weighted by molar-refractivity contribution is 7.91. The topological polar surface area (TPSA) is 121 Å². The van der Waals surface area contributed by atoms with Crippen LogP contribution in [0.15, 0.2) is 45.8 Å². The van der Waals surface area contributed by atoms with Gasteiger partial charge in [0.15, 0.2) is 15.0 Å². The molecule has 1 saturated carbocycles. The van der Waals surface area contributed by atoms with Crippen molar-refractivity contribution >= 4 is 42.5 Å². The molecule has 3 fully saturated rings. The summed E-state index contributed by atoms with van der Waals surface area (Å²) >= 11 is 1.46. The third-order valence-electron chi connectivity index (χ3n) is 9.32. The number of nitrogens with zero attached hydrogens (tertiary/aromatic N) is 3. The van der Waals surface area contributed by atoms with E-state index in [0.29, 0.717) is 17.0 Å². The molecule has 3 aliphatic rings. The highest BCUT2D eigenvalue weighted by atomic mass is 32.2. The van der Waals surface area contributed by atoms with Gasteiger partial charge in [-0.1, -0.05) is 28.6 Å². The van der Waals surface area contributed by atoms with Gasteiger partial charge in [-0.3, -0.25) is 4.79 Å². The maximum absolute atomic E-state index is 13.2. The van der Waals surface area contributed by atoms with Crippen LogP contribution in [0.1, 0.15) is 67.8 Å². The maximum Gasteiger partial charge on any atom is 0.573 e. The van der Waals surface area contributed by atoms with Crippen LogP contribution in [0.4, 0.5) is 18.3 Å². The van der Waals surface area contributed by atoms with E-state index in [1.54, 1.807) is 18.2 Å². The van der Waals surface area contributed by atoms with Gasteiger partial charge >= 0.3 is 12.3 Å². The molecule has 0 radical (unpaired) electrons. The smallest absolute Gasteiger partial charge is 0.469 e. The second-order valence-corrected chi connectivity index (χ2v) is 15.7. The van der Waals surface area contributed by atoms with Crippen molar-refractivity contribution in [3.63, 3.8) is 0 Å². The molecule has 2 aliphatic heterocycles. The van der Waals surface area contributed by atoms with E-state index >= 15 is 0 Å². The lowest BCUT2D eigenvalue weighted by molar-refractivity contribution is -0.274. The van der Waals surface area contributed by atoms with E-state index in [1.807, 2.05) is 6.92 Å². The van der Waals surface area contributed by atoms with Crippen molar-refractivity contribution in [1.29, 1.82) is 0 Å². The quantitative estimate of drug-likeness (QED) is 0.150. The molecule has 4 heterocycles. The summed E-state index contributed by atoms with van der Waals surface area (Å²) in [5.74, 6) is -0.427. The number of fused-ring (bicyclic) bond motifs is 3. The number of piperidine rings is 1. The number of esters is 1. The summed E-state index contributed by atoms with van der Waals surface area (Å²) in [6, 6.07) is 9.51. The Morgan fingerprint density at radius 3 is 2.52 bits per heavy atom. The van der Waals surface area contributed by atoms with Crippen LogP contribution in [0.5, 0.6) is 5.75 Å². The van der Waals surface area contributed by atoms with Gasteiger partial charge in [0.25, 0.3) is 0 Å². The van der Waals surface area contributed by atoms with E-state index in [1.165, 1.54) is 36.6 Å². The molecule has 2 aromatic heterocycles. The Bertz CT molecular complexity index is 1940. The minimum absolute atomic E-state index is 0.0853. The molecular formula is C33H34F3N3O7S2. The number of methoxy groups -OCH3 is 1. The predicted octanol–water partition coefficient (Wildman–Crippen LogP) is 7.09. The van der Waals surface area contributed by atoms with Gasteiger partial charge in [-0.2, -0.15) is 0 Å². The van der Waals surface area contributed by atoms with Crippen LogP contribution in [0, 0.1) is 6.92 Å². The number of para-hydroxylation sites is 1. The standard InChI is InChI=1S/C33H34F3N3O7S2/c1-18-13-23(48(41,42)12-11-28(40)43-2)16-27-29(18)37-32(47-27)39-20-9-10-21(39)15-22(14-20)44-17-25-30(38-46-31(25)19-7-8-19)24-5-3-4-6-26(24)45-33(34,35)36/h3-6,13,16,19-22H,7-12,14-15,17H2,1-2H3/t20-,21+,22+. The summed E-state index contributed by atoms with van der Waals surface area (Å²) in [6.45, 7) is 1.99. The van der Waals surface area contributed by atoms with Gasteiger partial charge in [-0.15, -0.1) is 13.2 Å². The van der Waals surface area contributed by atoms with Crippen LogP contribution in [-0.4, -0.2) is 61.9 Å². The summed E-state index contributed by atoms with van der Waals surface area (Å²) in [6.07, 6.45) is 0.0958. The Hall–Kier alpha value is -3.69. The Morgan fingerprint density at radius 2 is 1.83 bits per heavy atom. The monoisotopic (exact) mass is 705 g/mol. The first-order chi connectivity index (χ1) is 22.9. The van der Waals surface area contributed by atoms with Crippen LogP contribution < -0.4 is 9.64 Å². The number of hydrogen-bond acceptors (Lipinski definition) is 11. The van der Waals surface area contributed by atoms with Gasteiger partial charge in [0.1, 0.15) is 17.2 Å². The van der Waals surface area contributed by atoms with E-state index in [0.717, 1.165) is 59.4 Å². The summed E-state index contributed by atoms with van der Waals surface area (Å²) in [7, 11) is -2.47. The van der Waals surface area contributed by atoms with Crippen molar-refractivity contribution < 1.29 is 45.1 Å². The van der Waals surface area contributed by atoms with Crippen molar-refractivity contribution in [1.82, 2.24) is 10.1 Å². The van der Waals surface area contributed by atoms with Crippen molar-refractivity contribution in [3.8, 4) is 17.0 Å². The van der Waals surface area contributed by atoms with E-state index in [-0.39, 0.29) is 59.1 Å². The first-order valence-corrected chi connectivity index (χ1v) is 18.3. The Kier molecular flexibility index (Phi) is 8.65. The molecule has 0 unspecified atom stereocenters. The minimum atomic E-state index is -4.85. The summed E-state index contributed by atoms with van der Waals surface area (Å²) in [5.41, 5.74) is 2.65. The average molecular weight is 706 g/mol. The second-order valence-electron chi connectivity index (χ2n) is 12.6. The zero-order chi connectivity index (χ0) is 33.8. The molecule has 2 saturated heterocycles. The van der Waals surface area contributed by atoms with E-state index in [2.05, 4.69) is 19.5 Å². The number of anilines is 1. The van der Waals surface area contributed by atoms with Crippen LogP contribution in [0.25, 0.3) is 21.5 Å². The van der Waals surface area contributed by atoms with Crippen molar-refractivity contribution in [3.05, 3.63) is 53.3 Å². The first-order valence-electron chi connectivity index (χ1n) is 15.8. The number of rotatable bonds is 11. The molecular weight excluding hydrogens is 672 g/mol. The van der Waals surface area contributed by atoms with Crippen LogP contribution >= 0.6 is 11.3 Å². The number of halogens is 3. The fourth-order valence-electron chi connectivity index (χ4n) is 6.87. The lowest BCUT2D eigenvalue weighted by atomic mass is 10.00. The van der Waals surface area contributed by atoms with Crippen molar-refractivity contribution in [2.75, 3.05) is 17.8 Å². The number of thiazole rings is 1. The fourth-order valence-corrected chi connectivity index (χ4v) is 9.50. The average Bonchev–Trinajstić information content (AvgIpc) is 3.55. The molecule has 3 atom stereocenters. The SMILES string of the molecule is COC(=O)CCS(=O)(=O)c1cc(C)c2nc(N3[C@@H]4CC[C@H]3C[C@@H](OCc3c(-c5ccccc5OC(F)(F)F)noc3C3CC3)C4)sc2c1. The number of ether oxygens (including phenoxy) is 3. The highest BCUT2D eigenvalue weighted by Gasteiger charge is 2.43. The first kappa shape index (κ1) is 32.8. The molecule has 0 N–H and O–H groups in total. The minimum Gasteiger partial charge on any atom is -0.469 e. The number of sulfone groups is 1. The highest BCUT2D eigenvalue weighted by Crippen LogP contribution is 2.47. The lowest BCUT2D eigenvalue weighted by Crippen LogP contribution is -2.45. The van der Waals surface area contributed by atoms with E-state index in [4.69, 9.17) is 14.2 Å². The zero-order valence-electron chi connectivity index (χ0n) is 26.3. The van der Waals surface area contributed by atoms with Gasteiger partial charge in [-0.25, -0.2) is 13.4 Å². The Balaban J connectivity index is 1.08. The number of carbonyl (C=O) groups excluding carboxylic acids is 1. The molecule has 0 amide bonds. The predicted molar refractivity (Wildman–Crippen MR) is 171 cm³/mol. The Labute approximate surface area is 279 Å². The number of hydrogen-bond donors (Lipinski definition) is 0. The molecule has 0 spiro atoms. The van der Waals surface area contributed by atoms with Crippen LogP contribution in [0.3, 0.4) is 0 Å². The number of carbonyl (C=O) groups is 1. The summed E-state index contributed by atoms with van der Waals surface area (Å²) in [4.78, 5) is 19.0. The molecule has 10 nitrogen and oxygen atoms in total. The van der Waals surface area contributed by atoms with Crippen molar-refractivity contribution in [2.45, 2.75) is 93.8 Å². The van der Waals surface area contributed by atoms with Gasteiger partial charge < -0.3 is 23.6 Å². The molecule has 256 valence electrons. The van der Waals surface area contributed by atoms with Gasteiger partial charge in [0.05, 0.1) is 47.1 Å². The normalized spacial score (nSPS) is 21.2. The fraction of sp³-hybridized carbons (Fsp3) is 0.485. The lowest BCUT2D eigenvalue weighted by Gasteiger charge is -2.38. The van der Waals surface area contributed by atoms with E-state index in [9.17, 15) is 26.4 Å². The number of aromatic nitrogens is 2. The number of alkyl halides is 3. The summed E-state index contributed by atoms with van der Waals surface area (Å²) < 4.78 is 87.3. The van der Waals surface area contributed by atoms with Gasteiger partial charge in [0, 0.05) is 29.1 Å². The number of benzene rings is 2. The number of aryl methyl sites for hydroxylation is 1. The molecule has 1 aliphatic carbocycles.